The summed E-state index contributed by atoms with van der Waals surface area (Å²) in [5.74, 6) is 1.83. The van der Waals surface area contributed by atoms with Crippen LogP contribution in [0.1, 0.15) is 82.7 Å². The fraction of sp³-hybridized carbons (Fsp3) is 0.667. The largest absolute Gasteiger partial charge is 0.467 e. The van der Waals surface area contributed by atoms with Crippen LogP contribution < -0.4 is 10.6 Å². The van der Waals surface area contributed by atoms with E-state index in [1.54, 1.807) is 12.5 Å². The van der Waals surface area contributed by atoms with Gasteiger partial charge in [0.1, 0.15) is 23.0 Å². The number of likely N-dealkylation sites (tertiary alicyclic amines) is 1. The number of piperidine rings is 2. The maximum atomic E-state index is 14.2. The number of carbonyl (C=O) groups is 2. The molecule has 40 heavy (non-hydrogen) atoms. The van der Waals surface area contributed by atoms with Crippen LogP contribution in [0.15, 0.2) is 29.0 Å². The highest BCUT2D eigenvalue weighted by Gasteiger charge is 2.38. The van der Waals surface area contributed by atoms with Crippen molar-refractivity contribution in [1.82, 2.24) is 25.1 Å². The molecule has 2 fully saturated rings. The van der Waals surface area contributed by atoms with Gasteiger partial charge in [-0.25, -0.2) is 9.97 Å². The van der Waals surface area contributed by atoms with E-state index >= 15 is 0 Å². The summed E-state index contributed by atoms with van der Waals surface area (Å²) in [5.41, 5.74) is -0.590. The van der Waals surface area contributed by atoms with Gasteiger partial charge < -0.3 is 30.0 Å². The van der Waals surface area contributed by atoms with Crippen LogP contribution in [0.3, 0.4) is 0 Å². The maximum Gasteiger partial charge on any atom is 0.259 e. The van der Waals surface area contributed by atoms with Gasteiger partial charge in [-0.3, -0.25) is 9.59 Å². The zero-order valence-corrected chi connectivity index (χ0v) is 24.9. The van der Waals surface area contributed by atoms with Gasteiger partial charge in [0.2, 0.25) is 5.91 Å². The predicted molar refractivity (Wildman–Crippen MR) is 154 cm³/mol. The van der Waals surface area contributed by atoms with Gasteiger partial charge in [-0.15, -0.1) is 0 Å². The molecule has 2 saturated heterocycles. The Labute approximate surface area is 237 Å². The number of nitrogens with one attached hydrogen (secondary N) is 2. The van der Waals surface area contributed by atoms with E-state index in [0.29, 0.717) is 75.7 Å². The first-order valence-electron chi connectivity index (χ1n) is 14.5. The summed E-state index contributed by atoms with van der Waals surface area (Å²) in [6.07, 6.45) is 5.00. The summed E-state index contributed by atoms with van der Waals surface area (Å²) >= 11 is 0. The quantitative estimate of drug-likeness (QED) is 0.454. The van der Waals surface area contributed by atoms with Crippen LogP contribution in [-0.4, -0.2) is 81.1 Å². The number of nitrogens with zero attached hydrogens (tertiary/aromatic N) is 4. The Balaban J connectivity index is 1.56. The SMILES string of the molecule is CC(C)CN(C(=O)c1cnc(C(C)(C)C)nc1NCc1ccco1)[C@H]1CNC[C@@H](C(=O)N2CCC(C)(O)CC2)C1. The molecule has 3 N–H and O–H groups in total. The minimum absolute atomic E-state index is 0.100. The van der Waals surface area contributed by atoms with Gasteiger partial charge in [0.05, 0.1) is 24.3 Å². The van der Waals surface area contributed by atoms with Gasteiger partial charge >= 0.3 is 0 Å². The van der Waals surface area contributed by atoms with E-state index in [1.807, 2.05) is 49.6 Å². The fourth-order valence-corrected chi connectivity index (χ4v) is 5.38. The number of hydrogen-bond donors (Lipinski definition) is 3. The van der Waals surface area contributed by atoms with Crippen molar-refractivity contribution < 1.29 is 19.1 Å². The smallest absolute Gasteiger partial charge is 0.259 e. The number of amides is 2. The van der Waals surface area contributed by atoms with Gasteiger partial charge in [0.15, 0.2) is 0 Å². The van der Waals surface area contributed by atoms with Crippen molar-refractivity contribution in [3.05, 3.63) is 41.7 Å². The van der Waals surface area contributed by atoms with Crippen LogP contribution >= 0.6 is 0 Å². The summed E-state index contributed by atoms with van der Waals surface area (Å²) in [7, 11) is 0. The molecule has 0 unspecified atom stereocenters. The molecule has 2 aromatic heterocycles. The van der Waals surface area contributed by atoms with Crippen LogP contribution in [0.5, 0.6) is 0 Å². The van der Waals surface area contributed by atoms with Crippen molar-refractivity contribution in [3.63, 3.8) is 0 Å². The Hall–Kier alpha value is -2.98. The molecule has 4 heterocycles. The topological polar surface area (TPSA) is 124 Å². The highest BCUT2D eigenvalue weighted by molar-refractivity contribution is 5.98. The van der Waals surface area contributed by atoms with Crippen molar-refractivity contribution in [1.29, 1.82) is 0 Å². The molecule has 10 heteroatoms. The van der Waals surface area contributed by atoms with Gasteiger partial charge in [-0.1, -0.05) is 34.6 Å². The lowest BCUT2D eigenvalue weighted by Gasteiger charge is -2.41. The van der Waals surface area contributed by atoms with E-state index in [-0.39, 0.29) is 35.1 Å². The lowest BCUT2D eigenvalue weighted by atomic mass is 9.89. The highest BCUT2D eigenvalue weighted by Crippen LogP contribution is 2.28. The zero-order chi connectivity index (χ0) is 29.1. The first kappa shape index (κ1) is 30.0. The van der Waals surface area contributed by atoms with E-state index in [0.717, 1.165) is 5.76 Å². The third-order valence-corrected chi connectivity index (χ3v) is 7.79. The van der Waals surface area contributed by atoms with Crippen molar-refractivity contribution in [2.24, 2.45) is 11.8 Å². The third-order valence-electron chi connectivity index (χ3n) is 7.79. The van der Waals surface area contributed by atoms with Gasteiger partial charge in [-0.05, 0) is 44.2 Å². The number of furan rings is 1. The minimum atomic E-state index is -0.710. The summed E-state index contributed by atoms with van der Waals surface area (Å²) in [6.45, 7) is 15.4. The average molecular weight is 555 g/mol. The molecule has 2 aliphatic rings. The van der Waals surface area contributed by atoms with E-state index in [4.69, 9.17) is 9.40 Å². The van der Waals surface area contributed by atoms with Crippen LogP contribution in [0.25, 0.3) is 0 Å². The number of rotatable bonds is 8. The molecule has 10 nitrogen and oxygen atoms in total. The van der Waals surface area contributed by atoms with Crippen molar-refractivity contribution >= 4 is 17.6 Å². The summed E-state index contributed by atoms with van der Waals surface area (Å²) in [5, 5.41) is 17.0. The standard InChI is InChI=1S/C30H46N6O4/c1-20(2)19-36(22-14-21(15-31-16-22)26(37)35-11-9-30(6,39)10-12-35)27(38)24-18-33-28(29(3,4)5)34-25(24)32-17-23-8-7-13-40-23/h7-8,13,18,20-22,31,39H,9-12,14-17,19H2,1-6H3,(H,32,33,34)/t21-,22+/m0/s1. The van der Waals surface area contributed by atoms with Crippen molar-refractivity contribution in [3.8, 4) is 0 Å². The normalized spacial score (nSPS) is 21.4. The van der Waals surface area contributed by atoms with E-state index in [1.165, 1.54) is 0 Å². The summed E-state index contributed by atoms with van der Waals surface area (Å²) < 4.78 is 5.48. The van der Waals surface area contributed by atoms with E-state index in [2.05, 4.69) is 29.5 Å². The van der Waals surface area contributed by atoms with Crippen LogP contribution in [0.2, 0.25) is 0 Å². The molecule has 2 aromatic rings. The molecule has 0 saturated carbocycles. The monoisotopic (exact) mass is 554 g/mol. The second kappa shape index (κ2) is 12.3. The molecule has 2 atom stereocenters. The maximum absolute atomic E-state index is 14.2. The minimum Gasteiger partial charge on any atom is -0.467 e. The second-order valence-electron chi connectivity index (χ2n) is 13.1. The van der Waals surface area contributed by atoms with Gasteiger partial charge in [-0.2, -0.15) is 0 Å². The third kappa shape index (κ3) is 7.40. The van der Waals surface area contributed by atoms with E-state index < -0.39 is 5.60 Å². The number of carbonyl (C=O) groups excluding carboxylic acids is 2. The molecule has 220 valence electrons. The Kier molecular flexibility index (Phi) is 9.19. The van der Waals surface area contributed by atoms with Gasteiger partial charge in [0.25, 0.3) is 5.91 Å². The lowest BCUT2D eigenvalue weighted by molar-refractivity contribution is -0.140. The second-order valence-corrected chi connectivity index (χ2v) is 13.1. The van der Waals surface area contributed by atoms with Crippen molar-refractivity contribution in [2.45, 2.75) is 84.4 Å². The molecule has 0 spiro atoms. The predicted octanol–water partition coefficient (Wildman–Crippen LogP) is 3.43. The van der Waals surface area contributed by atoms with E-state index in [9.17, 15) is 14.7 Å². The molecule has 0 aromatic carbocycles. The van der Waals surface area contributed by atoms with Crippen molar-refractivity contribution in [2.75, 3.05) is 38.0 Å². The Morgan fingerprint density at radius 3 is 2.62 bits per heavy atom. The number of aliphatic hydroxyl groups is 1. The zero-order valence-electron chi connectivity index (χ0n) is 24.9. The van der Waals surface area contributed by atoms with Crippen LogP contribution in [-0.2, 0) is 16.8 Å². The first-order valence-corrected chi connectivity index (χ1v) is 14.5. The lowest BCUT2D eigenvalue weighted by Crippen LogP contribution is -2.56. The molecule has 2 amide bonds. The Bertz CT molecular complexity index is 1150. The summed E-state index contributed by atoms with van der Waals surface area (Å²) in [6, 6.07) is 3.55. The molecular weight excluding hydrogens is 508 g/mol. The molecule has 0 bridgehead atoms. The Morgan fingerprint density at radius 2 is 2.00 bits per heavy atom. The average Bonchev–Trinajstić information content (AvgIpc) is 3.43. The Morgan fingerprint density at radius 1 is 1.27 bits per heavy atom. The van der Waals surface area contributed by atoms with Crippen LogP contribution in [0, 0.1) is 11.8 Å². The molecule has 2 aliphatic heterocycles. The fourth-order valence-electron chi connectivity index (χ4n) is 5.38. The first-order chi connectivity index (χ1) is 18.8. The highest BCUT2D eigenvalue weighted by atomic mass is 16.3. The molecule has 0 aliphatic carbocycles. The number of aromatic nitrogens is 2. The molecular formula is C30H46N6O4. The number of hydrogen-bond acceptors (Lipinski definition) is 8. The molecule has 4 rings (SSSR count). The summed E-state index contributed by atoms with van der Waals surface area (Å²) in [4.78, 5) is 40.8. The van der Waals surface area contributed by atoms with Crippen LogP contribution in [0.4, 0.5) is 5.82 Å². The van der Waals surface area contributed by atoms with Gasteiger partial charge in [0, 0.05) is 50.4 Å². The molecule has 0 radical (unpaired) electrons. The number of anilines is 1.